The molecule has 0 atom stereocenters. The molecule has 1 aromatic heterocycles. The van der Waals surface area contributed by atoms with E-state index >= 15 is 0 Å². The van der Waals surface area contributed by atoms with E-state index in [2.05, 4.69) is 30.0 Å². The van der Waals surface area contributed by atoms with Gasteiger partial charge >= 0.3 is 0 Å². The van der Waals surface area contributed by atoms with Crippen LogP contribution in [0, 0.1) is 0 Å². The number of rotatable bonds is 5. The Morgan fingerprint density at radius 1 is 1.24 bits per heavy atom. The van der Waals surface area contributed by atoms with E-state index in [-0.39, 0.29) is 24.0 Å². The van der Waals surface area contributed by atoms with Crippen LogP contribution in [0.4, 0.5) is 0 Å². The van der Waals surface area contributed by atoms with E-state index in [4.69, 9.17) is 5.73 Å². The maximum Gasteiger partial charge on any atom is 0.191 e. The molecule has 0 amide bonds. The normalized spacial score (nSPS) is 11.0. The molecule has 0 saturated carbocycles. The van der Waals surface area contributed by atoms with Crippen molar-refractivity contribution in [1.29, 1.82) is 0 Å². The topological polar surface area (TPSA) is 59.4 Å². The van der Waals surface area contributed by atoms with Gasteiger partial charge in [-0.1, -0.05) is 18.2 Å². The minimum atomic E-state index is 0. The smallest absolute Gasteiger partial charge is 0.191 e. The van der Waals surface area contributed by atoms with Crippen molar-refractivity contribution in [2.24, 2.45) is 10.7 Å². The second-order valence-electron chi connectivity index (χ2n) is 4.43. The van der Waals surface area contributed by atoms with Crippen LogP contribution in [-0.2, 0) is 6.54 Å². The summed E-state index contributed by atoms with van der Waals surface area (Å²) in [6, 6.07) is 10.00. The van der Waals surface area contributed by atoms with E-state index in [1.54, 1.807) is 6.20 Å². The average Bonchev–Trinajstić information content (AvgIpc) is 3.01. The predicted molar refractivity (Wildman–Crippen MR) is 97.2 cm³/mol. The van der Waals surface area contributed by atoms with Gasteiger partial charge in [0, 0.05) is 25.5 Å². The summed E-state index contributed by atoms with van der Waals surface area (Å²) in [6.07, 6.45) is 3.70. The number of nitrogens with two attached hydrogens (primary N) is 1. The Morgan fingerprint density at radius 2 is 1.95 bits per heavy atom. The molecule has 5 nitrogen and oxygen atoms in total. The van der Waals surface area contributed by atoms with Gasteiger partial charge in [-0.25, -0.2) is 9.67 Å². The first-order valence-electron chi connectivity index (χ1n) is 6.89. The first-order valence-corrected chi connectivity index (χ1v) is 6.89. The number of guanidine groups is 1. The fraction of sp³-hybridized carbons (Fsp3) is 0.333. The molecular weight excluding hydrogens is 377 g/mol. The number of nitrogens with zero attached hydrogens (tertiary/aromatic N) is 4. The molecule has 2 N–H and O–H groups in total. The van der Waals surface area contributed by atoms with Gasteiger partial charge in [-0.15, -0.1) is 24.0 Å². The highest BCUT2D eigenvalue weighted by atomic mass is 127. The van der Waals surface area contributed by atoms with Crippen LogP contribution in [0.2, 0.25) is 0 Å². The summed E-state index contributed by atoms with van der Waals surface area (Å²) < 4.78 is 1.85. The highest BCUT2D eigenvalue weighted by Gasteiger charge is 2.05. The Hall–Kier alpha value is -1.57. The number of halogens is 1. The number of hydrogen-bond donors (Lipinski definition) is 1. The Labute approximate surface area is 142 Å². The van der Waals surface area contributed by atoms with Crippen molar-refractivity contribution in [2.45, 2.75) is 20.4 Å². The number of para-hydroxylation sites is 1. The molecule has 21 heavy (non-hydrogen) atoms. The zero-order chi connectivity index (χ0) is 14.4. The molecule has 0 unspecified atom stereocenters. The quantitative estimate of drug-likeness (QED) is 0.478. The Balaban J connectivity index is 0.00000220. The average molecular weight is 399 g/mol. The van der Waals surface area contributed by atoms with E-state index in [0.29, 0.717) is 12.5 Å². The molecule has 0 fully saturated rings. The van der Waals surface area contributed by atoms with Crippen LogP contribution >= 0.6 is 24.0 Å². The molecule has 0 aliphatic heterocycles. The minimum absolute atomic E-state index is 0. The third-order valence-electron chi connectivity index (χ3n) is 3.24. The van der Waals surface area contributed by atoms with E-state index < -0.39 is 0 Å². The van der Waals surface area contributed by atoms with Crippen LogP contribution in [0.25, 0.3) is 5.69 Å². The van der Waals surface area contributed by atoms with Gasteiger partial charge in [0.1, 0.15) is 0 Å². The molecule has 0 saturated heterocycles. The molecule has 0 radical (unpaired) electrons. The summed E-state index contributed by atoms with van der Waals surface area (Å²) >= 11 is 0. The summed E-state index contributed by atoms with van der Waals surface area (Å²) in [4.78, 5) is 6.52. The zero-order valence-electron chi connectivity index (χ0n) is 12.4. The maximum absolute atomic E-state index is 6.01. The summed E-state index contributed by atoms with van der Waals surface area (Å²) in [5, 5.41) is 4.27. The van der Waals surface area contributed by atoms with Gasteiger partial charge in [0.05, 0.1) is 12.2 Å². The highest BCUT2D eigenvalue weighted by Crippen LogP contribution is 2.14. The summed E-state index contributed by atoms with van der Waals surface area (Å²) in [6.45, 7) is 6.44. The molecule has 0 bridgehead atoms. The first kappa shape index (κ1) is 17.5. The maximum atomic E-state index is 6.01. The van der Waals surface area contributed by atoms with Crippen LogP contribution in [-0.4, -0.2) is 33.7 Å². The Morgan fingerprint density at radius 3 is 2.57 bits per heavy atom. The first-order chi connectivity index (χ1) is 9.76. The van der Waals surface area contributed by atoms with Crippen LogP contribution < -0.4 is 5.73 Å². The van der Waals surface area contributed by atoms with Crippen molar-refractivity contribution in [3.05, 3.63) is 48.3 Å². The zero-order valence-corrected chi connectivity index (χ0v) is 14.8. The number of hydrogen-bond acceptors (Lipinski definition) is 2. The van der Waals surface area contributed by atoms with Crippen LogP contribution in [0.3, 0.4) is 0 Å². The molecule has 114 valence electrons. The molecule has 0 aliphatic rings. The molecule has 0 spiro atoms. The van der Waals surface area contributed by atoms with Crippen molar-refractivity contribution >= 4 is 29.9 Å². The molecule has 2 rings (SSSR count). The van der Waals surface area contributed by atoms with Gasteiger partial charge < -0.3 is 10.6 Å². The highest BCUT2D eigenvalue weighted by molar-refractivity contribution is 14.0. The SMILES string of the molecule is CCN(CC)C(N)=NCc1ccccc1-n1cccn1.I. The van der Waals surface area contributed by atoms with E-state index in [1.165, 1.54) is 0 Å². The van der Waals surface area contributed by atoms with Gasteiger partial charge in [0.2, 0.25) is 0 Å². The van der Waals surface area contributed by atoms with Crippen molar-refractivity contribution in [3.8, 4) is 5.69 Å². The third-order valence-corrected chi connectivity index (χ3v) is 3.24. The second kappa shape index (κ2) is 8.66. The molecule has 1 heterocycles. The van der Waals surface area contributed by atoms with E-state index in [1.807, 2.05) is 40.0 Å². The molecule has 2 aromatic rings. The summed E-state index contributed by atoms with van der Waals surface area (Å²) in [7, 11) is 0. The fourth-order valence-electron chi connectivity index (χ4n) is 2.09. The largest absolute Gasteiger partial charge is 0.370 e. The molecule has 1 aromatic carbocycles. The van der Waals surface area contributed by atoms with Gasteiger partial charge in [0.25, 0.3) is 0 Å². The monoisotopic (exact) mass is 399 g/mol. The Bertz CT molecular complexity index is 561. The second-order valence-corrected chi connectivity index (χ2v) is 4.43. The third kappa shape index (κ3) is 4.45. The lowest BCUT2D eigenvalue weighted by atomic mass is 10.2. The molecular formula is C15H22IN5. The fourth-order valence-corrected chi connectivity index (χ4v) is 2.09. The number of aromatic nitrogens is 2. The lowest BCUT2D eigenvalue weighted by molar-refractivity contribution is 0.458. The Kier molecular flexibility index (Phi) is 7.21. The van der Waals surface area contributed by atoms with Crippen molar-refractivity contribution in [3.63, 3.8) is 0 Å². The number of benzene rings is 1. The molecule has 0 aliphatic carbocycles. The van der Waals surface area contributed by atoms with Gasteiger partial charge in [0.15, 0.2) is 5.96 Å². The van der Waals surface area contributed by atoms with Gasteiger partial charge in [-0.2, -0.15) is 5.10 Å². The number of aliphatic imine (C=N–C) groups is 1. The lowest BCUT2D eigenvalue weighted by Crippen LogP contribution is -2.37. The predicted octanol–water partition coefficient (Wildman–Crippen LogP) is 2.65. The summed E-state index contributed by atoms with van der Waals surface area (Å²) in [5.41, 5.74) is 8.15. The van der Waals surface area contributed by atoms with Crippen molar-refractivity contribution in [2.75, 3.05) is 13.1 Å². The van der Waals surface area contributed by atoms with Crippen LogP contribution in [0.1, 0.15) is 19.4 Å². The van der Waals surface area contributed by atoms with Crippen LogP contribution in [0.15, 0.2) is 47.7 Å². The lowest BCUT2D eigenvalue weighted by Gasteiger charge is -2.19. The summed E-state index contributed by atoms with van der Waals surface area (Å²) in [5.74, 6) is 0.588. The van der Waals surface area contributed by atoms with Gasteiger partial charge in [-0.3, -0.25) is 0 Å². The van der Waals surface area contributed by atoms with Crippen molar-refractivity contribution < 1.29 is 0 Å². The van der Waals surface area contributed by atoms with Crippen LogP contribution in [0.5, 0.6) is 0 Å². The minimum Gasteiger partial charge on any atom is -0.370 e. The molecule has 6 heteroatoms. The van der Waals surface area contributed by atoms with Crippen molar-refractivity contribution in [1.82, 2.24) is 14.7 Å². The van der Waals surface area contributed by atoms with Gasteiger partial charge in [-0.05, 0) is 31.5 Å². The van der Waals surface area contributed by atoms with E-state index in [0.717, 1.165) is 24.3 Å². The van der Waals surface area contributed by atoms with E-state index in [9.17, 15) is 0 Å². The standard InChI is InChI=1S/C15H21N5.HI/c1-3-19(4-2)15(16)17-12-13-8-5-6-9-14(13)20-11-7-10-18-20;/h5-11H,3-4,12H2,1-2H3,(H2,16,17);1H.